The van der Waals surface area contributed by atoms with Crippen molar-refractivity contribution in [1.29, 1.82) is 0 Å². The molecule has 2 rings (SSSR count). The lowest BCUT2D eigenvalue weighted by Gasteiger charge is -2.46. The average molecular weight is 267 g/mol. The summed E-state index contributed by atoms with van der Waals surface area (Å²) in [4.78, 5) is 13.0. The Morgan fingerprint density at radius 3 is 2.68 bits per heavy atom. The van der Waals surface area contributed by atoms with E-state index in [0.29, 0.717) is 0 Å². The van der Waals surface area contributed by atoms with E-state index in [2.05, 4.69) is 0 Å². The van der Waals surface area contributed by atoms with Crippen molar-refractivity contribution in [3.8, 4) is 0 Å². The average Bonchev–Trinajstić information content (AvgIpc) is 2.43. The van der Waals surface area contributed by atoms with E-state index in [1.165, 1.54) is 4.90 Å². The Morgan fingerprint density at radius 1 is 1.42 bits per heavy atom. The molecule has 6 nitrogen and oxygen atoms in total. The second-order valence-corrected chi connectivity index (χ2v) is 4.50. The van der Waals surface area contributed by atoms with Crippen LogP contribution in [0.5, 0.6) is 0 Å². The molecule has 19 heavy (non-hydrogen) atoms. The molecule has 6 heteroatoms. The van der Waals surface area contributed by atoms with Crippen molar-refractivity contribution < 1.29 is 24.9 Å². The van der Waals surface area contributed by atoms with Crippen LogP contribution in [0.1, 0.15) is 5.56 Å². The van der Waals surface area contributed by atoms with Gasteiger partial charge in [-0.1, -0.05) is 30.3 Å². The minimum absolute atomic E-state index is 0.106. The number of hydrogen-bond donors (Lipinski definition) is 3. The van der Waals surface area contributed by atoms with Gasteiger partial charge in [-0.3, -0.25) is 4.90 Å². The zero-order valence-electron chi connectivity index (χ0n) is 10.3. The molecule has 104 valence electrons. The number of β-amino-alcohol motifs (C(OH)–C–C–N with tert-alkyl or cyclic N) is 1. The molecule has 3 N–H and O–H groups in total. The summed E-state index contributed by atoms with van der Waals surface area (Å²) in [6.45, 7) is -0.270. The smallest absolute Gasteiger partial charge is 0.410 e. The van der Waals surface area contributed by atoms with Crippen molar-refractivity contribution >= 4 is 6.09 Å². The first-order valence-electron chi connectivity index (χ1n) is 6.07. The van der Waals surface area contributed by atoms with Crippen LogP contribution < -0.4 is 0 Å². The number of nitrogens with zero attached hydrogens (tertiary/aromatic N) is 1. The number of hydrogen-bond acceptors (Lipinski definition) is 5. The number of ether oxygens (including phenoxy) is 1. The number of aliphatic hydroxyl groups excluding tert-OH is 3. The molecule has 0 radical (unpaired) electrons. The Labute approximate surface area is 110 Å². The SMILES string of the molecule is O=C(OCc1ccccc1)N1C[C@@H](O)[C@H]1[C@@H](O)CO. The van der Waals surface area contributed by atoms with E-state index < -0.39 is 30.9 Å². The topological polar surface area (TPSA) is 90.2 Å². The van der Waals surface area contributed by atoms with Gasteiger partial charge in [0, 0.05) is 0 Å². The van der Waals surface area contributed by atoms with Crippen molar-refractivity contribution in [1.82, 2.24) is 4.90 Å². The van der Waals surface area contributed by atoms with E-state index >= 15 is 0 Å². The van der Waals surface area contributed by atoms with Gasteiger partial charge >= 0.3 is 6.09 Å². The number of carbonyl (C=O) groups is 1. The number of amides is 1. The number of benzene rings is 1. The molecule has 1 heterocycles. The second-order valence-electron chi connectivity index (χ2n) is 4.50. The molecule has 1 amide bonds. The van der Waals surface area contributed by atoms with Gasteiger partial charge < -0.3 is 20.1 Å². The minimum Gasteiger partial charge on any atom is -0.445 e. The van der Waals surface area contributed by atoms with Gasteiger partial charge in [0.15, 0.2) is 0 Å². The Bertz CT molecular complexity index is 424. The lowest BCUT2D eigenvalue weighted by molar-refractivity contribution is -0.113. The Morgan fingerprint density at radius 2 is 2.11 bits per heavy atom. The molecule has 0 aliphatic carbocycles. The molecule has 1 aromatic carbocycles. The predicted octanol–water partition coefficient (Wildman–Crippen LogP) is -0.279. The van der Waals surface area contributed by atoms with Crippen LogP contribution in [0.25, 0.3) is 0 Å². The number of carbonyl (C=O) groups excluding carboxylic acids is 1. The third-order valence-electron chi connectivity index (χ3n) is 3.16. The molecule has 0 bridgehead atoms. The maximum absolute atomic E-state index is 11.8. The number of aliphatic hydroxyl groups is 3. The van der Waals surface area contributed by atoms with Crippen LogP contribution in [-0.2, 0) is 11.3 Å². The van der Waals surface area contributed by atoms with Crippen LogP contribution in [-0.4, -0.2) is 57.7 Å². The Balaban J connectivity index is 1.87. The molecule has 1 aromatic rings. The fourth-order valence-corrected chi connectivity index (χ4v) is 2.07. The molecule has 0 saturated carbocycles. The van der Waals surface area contributed by atoms with Crippen LogP contribution >= 0.6 is 0 Å². The van der Waals surface area contributed by atoms with Crippen LogP contribution in [0.15, 0.2) is 30.3 Å². The predicted molar refractivity (Wildman–Crippen MR) is 66.2 cm³/mol. The molecule has 1 aliphatic rings. The van der Waals surface area contributed by atoms with Gasteiger partial charge in [-0.05, 0) is 5.56 Å². The van der Waals surface area contributed by atoms with Gasteiger partial charge in [0.1, 0.15) is 12.7 Å². The lowest BCUT2D eigenvalue weighted by atomic mass is 9.95. The molecule has 0 aromatic heterocycles. The summed E-state index contributed by atoms with van der Waals surface area (Å²) < 4.78 is 5.09. The highest BCUT2D eigenvalue weighted by atomic mass is 16.6. The molecule has 1 saturated heterocycles. The highest BCUT2D eigenvalue weighted by Gasteiger charge is 2.45. The van der Waals surface area contributed by atoms with E-state index in [-0.39, 0.29) is 13.2 Å². The molecule has 0 unspecified atom stereocenters. The second kappa shape index (κ2) is 6.01. The fraction of sp³-hybridized carbons (Fsp3) is 0.462. The first-order valence-corrected chi connectivity index (χ1v) is 6.07. The Hall–Kier alpha value is -1.63. The van der Waals surface area contributed by atoms with Crippen molar-refractivity contribution in [3.63, 3.8) is 0 Å². The number of likely N-dealkylation sites (tertiary alicyclic amines) is 1. The fourth-order valence-electron chi connectivity index (χ4n) is 2.07. The lowest BCUT2D eigenvalue weighted by Crippen LogP contribution is -2.67. The third kappa shape index (κ3) is 3.04. The largest absolute Gasteiger partial charge is 0.445 e. The molecular formula is C13H17NO5. The maximum Gasteiger partial charge on any atom is 0.410 e. The first-order chi connectivity index (χ1) is 9.13. The van der Waals surface area contributed by atoms with Gasteiger partial charge in [-0.2, -0.15) is 0 Å². The van der Waals surface area contributed by atoms with Crippen molar-refractivity contribution in [3.05, 3.63) is 35.9 Å². The van der Waals surface area contributed by atoms with Crippen LogP contribution in [0.3, 0.4) is 0 Å². The van der Waals surface area contributed by atoms with Crippen LogP contribution in [0.2, 0.25) is 0 Å². The van der Waals surface area contributed by atoms with Crippen molar-refractivity contribution in [2.24, 2.45) is 0 Å². The van der Waals surface area contributed by atoms with Crippen molar-refractivity contribution in [2.75, 3.05) is 13.2 Å². The zero-order chi connectivity index (χ0) is 13.8. The normalized spacial score (nSPS) is 23.6. The molecule has 1 fully saturated rings. The quantitative estimate of drug-likeness (QED) is 0.698. The summed E-state index contributed by atoms with van der Waals surface area (Å²) in [5, 5.41) is 27.8. The summed E-state index contributed by atoms with van der Waals surface area (Å²) in [6.07, 6.45) is -2.59. The number of rotatable bonds is 4. The summed E-state index contributed by atoms with van der Waals surface area (Å²) >= 11 is 0. The maximum atomic E-state index is 11.8. The first kappa shape index (κ1) is 13.8. The molecule has 0 spiro atoms. The monoisotopic (exact) mass is 267 g/mol. The van der Waals surface area contributed by atoms with E-state index in [1.54, 1.807) is 0 Å². The van der Waals surface area contributed by atoms with Gasteiger partial charge in [0.05, 0.1) is 25.3 Å². The van der Waals surface area contributed by atoms with Gasteiger partial charge in [0.25, 0.3) is 0 Å². The van der Waals surface area contributed by atoms with Gasteiger partial charge in [0.2, 0.25) is 0 Å². The third-order valence-corrected chi connectivity index (χ3v) is 3.16. The van der Waals surface area contributed by atoms with E-state index in [4.69, 9.17) is 9.84 Å². The highest BCUT2D eigenvalue weighted by molar-refractivity contribution is 5.69. The summed E-state index contributed by atoms with van der Waals surface area (Å²) in [5.74, 6) is 0. The summed E-state index contributed by atoms with van der Waals surface area (Å²) in [5.41, 5.74) is 0.858. The minimum atomic E-state index is -1.16. The van der Waals surface area contributed by atoms with Gasteiger partial charge in [-0.25, -0.2) is 4.79 Å². The van der Waals surface area contributed by atoms with E-state index in [0.717, 1.165) is 5.56 Å². The zero-order valence-corrected chi connectivity index (χ0v) is 10.3. The standard InChI is InChI=1S/C13H17NO5/c15-7-11(17)12-10(16)6-14(12)13(18)19-8-9-4-2-1-3-5-9/h1-5,10-12,15-17H,6-8H2/t10-,11+,12+/m1/s1. The van der Waals surface area contributed by atoms with Crippen LogP contribution in [0.4, 0.5) is 4.79 Å². The molecule has 1 aliphatic heterocycles. The highest BCUT2D eigenvalue weighted by Crippen LogP contribution is 2.22. The summed E-state index contributed by atoms with van der Waals surface area (Å²) in [7, 11) is 0. The van der Waals surface area contributed by atoms with Crippen molar-refractivity contribution in [2.45, 2.75) is 24.9 Å². The summed E-state index contributed by atoms with van der Waals surface area (Å²) in [6, 6.07) is 8.42. The van der Waals surface area contributed by atoms with Crippen LogP contribution in [0, 0.1) is 0 Å². The van der Waals surface area contributed by atoms with Gasteiger partial charge in [-0.15, -0.1) is 0 Å². The van der Waals surface area contributed by atoms with E-state index in [1.807, 2.05) is 30.3 Å². The molecule has 3 atom stereocenters. The van der Waals surface area contributed by atoms with E-state index in [9.17, 15) is 15.0 Å². The Kier molecular flexibility index (Phi) is 4.36. The molecular weight excluding hydrogens is 250 g/mol.